The molecule has 0 bridgehead atoms. The van der Waals surface area contributed by atoms with Gasteiger partial charge in [0.15, 0.2) is 5.78 Å². The minimum absolute atomic E-state index is 0. The van der Waals surface area contributed by atoms with E-state index in [-0.39, 0.29) is 31.4 Å². The molecule has 0 aliphatic rings. The molecule has 0 aliphatic heterocycles. The Hall–Kier alpha value is -1.72. The maximum absolute atomic E-state index is 12.3. The maximum Gasteiger partial charge on any atom is 0.162 e. The number of carbonyl (C=O) groups excluding carboxylic acids is 1. The molecule has 0 aromatic heterocycles. The predicted molar refractivity (Wildman–Crippen MR) is 111 cm³/mol. The first-order valence-electron chi connectivity index (χ1n) is 9.23. The van der Waals surface area contributed by atoms with E-state index in [0.29, 0.717) is 19.3 Å². The molecule has 5 heteroatoms. The van der Waals surface area contributed by atoms with Crippen LogP contribution in [0.15, 0.2) is 54.6 Å². The van der Waals surface area contributed by atoms with Gasteiger partial charge in [-0.2, -0.15) is 0 Å². The maximum atomic E-state index is 12.3. The van der Waals surface area contributed by atoms with Crippen molar-refractivity contribution in [1.82, 2.24) is 0 Å². The molecule has 0 heterocycles. The Labute approximate surface area is 167 Å². The Morgan fingerprint density at radius 3 is 2.04 bits per heavy atom. The Morgan fingerprint density at radius 1 is 0.852 bits per heavy atom. The highest BCUT2D eigenvalue weighted by Crippen LogP contribution is 2.15. The van der Waals surface area contributed by atoms with Crippen molar-refractivity contribution in [3.63, 3.8) is 0 Å². The summed E-state index contributed by atoms with van der Waals surface area (Å²) in [7, 11) is 0. The third kappa shape index (κ3) is 7.81. The van der Waals surface area contributed by atoms with E-state index >= 15 is 0 Å². The van der Waals surface area contributed by atoms with Crippen LogP contribution < -0.4 is 5.73 Å². The summed E-state index contributed by atoms with van der Waals surface area (Å²) < 4.78 is 0. The van der Waals surface area contributed by atoms with E-state index in [1.165, 1.54) is 5.56 Å². The van der Waals surface area contributed by atoms with Crippen LogP contribution in [0.1, 0.15) is 47.2 Å². The number of aliphatic hydroxyl groups is 2. The molecule has 0 fully saturated rings. The number of rotatable bonds is 11. The minimum atomic E-state index is -0.951. The van der Waals surface area contributed by atoms with E-state index in [4.69, 9.17) is 5.73 Å². The Morgan fingerprint density at radius 2 is 1.44 bits per heavy atom. The fourth-order valence-corrected chi connectivity index (χ4v) is 2.86. The smallest absolute Gasteiger partial charge is 0.162 e. The van der Waals surface area contributed by atoms with Gasteiger partial charge in [-0.05, 0) is 43.2 Å². The summed E-state index contributed by atoms with van der Waals surface area (Å²) >= 11 is 0. The lowest BCUT2D eigenvalue weighted by Crippen LogP contribution is -2.47. The highest BCUT2D eigenvalue weighted by Gasteiger charge is 2.22. The molecule has 2 aromatic carbocycles. The van der Waals surface area contributed by atoms with E-state index in [0.717, 1.165) is 30.4 Å². The summed E-state index contributed by atoms with van der Waals surface area (Å²) in [5.41, 5.74) is 8.02. The first-order valence-corrected chi connectivity index (χ1v) is 9.23. The molecule has 4 N–H and O–H groups in total. The van der Waals surface area contributed by atoms with Crippen LogP contribution in [-0.4, -0.2) is 34.7 Å². The highest BCUT2D eigenvalue weighted by atomic mass is 35.5. The second-order valence-corrected chi connectivity index (χ2v) is 6.99. The van der Waals surface area contributed by atoms with Crippen LogP contribution in [0, 0.1) is 0 Å². The van der Waals surface area contributed by atoms with Gasteiger partial charge in [-0.3, -0.25) is 4.79 Å². The Bertz CT molecular complexity index is 670. The molecule has 4 nitrogen and oxygen atoms in total. The zero-order chi connectivity index (χ0) is 18.8. The SMILES string of the molecule is Cl.NC(CO)(CO)CCc1ccc(C(=O)CCCCc2ccccc2)cc1. The van der Waals surface area contributed by atoms with Gasteiger partial charge in [0.05, 0.1) is 18.8 Å². The lowest BCUT2D eigenvalue weighted by molar-refractivity contribution is 0.0979. The standard InChI is InChI=1S/C22H29NO3.ClH/c23-22(16-24,17-25)15-14-19-10-12-20(13-11-19)21(26)9-5-4-8-18-6-2-1-3-7-18;/h1-3,6-7,10-13,24-25H,4-5,8-9,14-17,23H2;1H. The minimum Gasteiger partial charge on any atom is -0.394 e. The van der Waals surface area contributed by atoms with Crippen molar-refractivity contribution >= 4 is 18.2 Å². The topological polar surface area (TPSA) is 83.6 Å². The third-order valence-electron chi connectivity index (χ3n) is 4.78. The number of benzene rings is 2. The quantitative estimate of drug-likeness (QED) is 0.405. The average molecular weight is 392 g/mol. The van der Waals surface area contributed by atoms with E-state index < -0.39 is 5.54 Å². The van der Waals surface area contributed by atoms with Crippen LogP contribution in [0.25, 0.3) is 0 Å². The number of hydrogen-bond donors (Lipinski definition) is 3. The van der Waals surface area contributed by atoms with Gasteiger partial charge in [-0.15, -0.1) is 12.4 Å². The second-order valence-electron chi connectivity index (χ2n) is 6.99. The van der Waals surface area contributed by atoms with Gasteiger partial charge < -0.3 is 15.9 Å². The normalized spacial score (nSPS) is 11.1. The van der Waals surface area contributed by atoms with Crippen LogP contribution in [-0.2, 0) is 12.8 Å². The molecule has 2 aromatic rings. The number of halogens is 1. The average Bonchev–Trinajstić information content (AvgIpc) is 2.70. The summed E-state index contributed by atoms with van der Waals surface area (Å²) in [6.07, 6.45) is 4.61. The number of carbonyl (C=O) groups is 1. The number of unbranched alkanes of at least 4 members (excludes halogenated alkanes) is 1. The Balaban J connectivity index is 0.00000364. The largest absolute Gasteiger partial charge is 0.394 e. The molecule has 0 atom stereocenters. The molecule has 0 spiro atoms. The molecule has 0 radical (unpaired) electrons. The number of aliphatic hydroxyl groups excluding tert-OH is 2. The van der Waals surface area contributed by atoms with E-state index in [9.17, 15) is 15.0 Å². The lowest BCUT2D eigenvalue weighted by Gasteiger charge is -2.24. The fraction of sp³-hybridized carbons (Fsp3) is 0.409. The first-order chi connectivity index (χ1) is 12.6. The molecule has 2 rings (SSSR count). The molecule has 0 unspecified atom stereocenters. The molecular formula is C22H30ClNO3. The molecule has 27 heavy (non-hydrogen) atoms. The molecule has 0 saturated carbocycles. The fourth-order valence-electron chi connectivity index (χ4n) is 2.86. The first kappa shape index (κ1) is 23.3. The summed E-state index contributed by atoms with van der Waals surface area (Å²) in [6, 6.07) is 17.9. The molecule has 0 aliphatic carbocycles. The number of nitrogens with two attached hydrogens (primary N) is 1. The van der Waals surface area contributed by atoms with Crippen molar-refractivity contribution in [2.24, 2.45) is 5.73 Å². The van der Waals surface area contributed by atoms with Gasteiger partial charge >= 0.3 is 0 Å². The molecule has 148 valence electrons. The summed E-state index contributed by atoms with van der Waals surface area (Å²) in [6.45, 7) is -0.494. The van der Waals surface area contributed by atoms with E-state index in [1.807, 2.05) is 42.5 Å². The zero-order valence-corrected chi connectivity index (χ0v) is 16.5. The zero-order valence-electron chi connectivity index (χ0n) is 15.6. The van der Waals surface area contributed by atoms with Gasteiger partial charge in [-0.1, -0.05) is 54.6 Å². The lowest BCUT2D eigenvalue weighted by atomic mass is 9.93. The number of Topliss-reactive ketones (excluding diaryl/α,β-unsaturated/α-hetero) is 1. The summed E-state index contributed by atoms with van der Waals surface area (Å²) in [5.74, 6) is 0.170. The third-order valence-corrected chi connectivity index (χ3v) is 4.78. The van der Waals surface area contributed by atoms with Crippen molar-refractivity contribution in [2.45, 2.75) is 44.1 Å². The monoisotopic (exact) mass is 391 g/mol. The highest BCUT2D eigenvalue weighted by molar-refractivity contribution is 5.96. The van der Waals surface area contributed by atoms with Gasteiger partial charge in [-0.25, -0.2) is 0 Å². The van der Waals surface area contributed by atoms with Crippen LogP contribution in [0.5, 0.6) is 0 Å². The van der Waals surface area contributed by atoms with Crippen molar-refractivity contribution in [3.8, 4) is 0 Å². The summed E-state index contributed by atoms with van der Waals surface area (Å²) in [4.78, 5) is 12.3. The van der Waals surface area contributed by atoms with Crippen molar-refractivity contribution in [3.05, 3.63) is 71.3 Å². The summed E-state index contributed by atoms with van der Waals surface area (Å²) in [5, 5.41) is 18.5. The Kier molecular flexibility index (Phi) is 10.3. The van der Waals surface area contributed by atoms with Gasteiger partial charge in [0.25, 0.3) is 0 Å². The van der Waals surface area contributed by atoms with E-state index in [1.54, 1.807) is 0 Å². The molecule has 0 amide bonds. The molecule has 0 saturated heterocycles. The van der Waals surface area contributed by atoms with Crippen molar-refractivity contribution in [2.75, 3.05) is 13.2 Å². The molecular weight excluding hydrogens is 362 g/mol. The number of hydrogen-bond acceptors (Lipinski definition) is 4. The second kappa shape index (κ2) is 11.9. The number of aryl methyl sites for hydroxylation is 2. The van der Waals surface area contributed by atoms with Crippen LogP contribution >= 0.6 is 12.4 Å². The van der Waals surface area contributed by atoms with Gasteiger partial charge in [0, 0.05) is 12.0 Å². The van der Waals surface area contributed by atoms with Crippen molar-refractivity contribution in [1.29, 1.82) is 0 Å². The van der Waals surface area contributed by atoms with Crippen LogP contribution in [0.3, 0.4) is 0 Å². The predicted octanol–water partition coefficient (Wildman–Crippen LogP) is 3.32. The van der Waals surface area contributed by atoms with Crippen molar-refractivity contribution < 1.29 is 15.0 Å². The van der Waals surface area contributed by atoms with Crippen LogP contribution in [0.2, 0.25) is 0 Å². The van der Waals surface area contributed by atoms with Gasteiger partial charge in [0.2, 0.25) is 0 Å². The van der Waals surface area contributed by atoms with E-state index in [2.05, 4.69) is 12.1 Å². The van der Waals surface area contributed by atoms with Gasteiger partial charge in [0.1, 0.15) is 0 Å². The number of ketones is 1. The van der Waals surface area contributed by atoms with Crippen LogP contribution in [0.4, 0.5) is 0 Å².